The molecule has 3 rings (SSSR count). The summed E-state index contributed by atoms with van der Waals surface area (Å²) in [6.07, 6.45) is 2.73. The quantitative estimate of drug-likeness (QED) is 0.583. The van der Waals surface area contributed by atoms with Crippen molar-refractivity contribution in [2.24, 2.45) is 0 Å². The van der Waals surface area contributed by atoms with Crippen LogP contribution in [0.4, 0.5) is 0 Å². The lowest BCUT2D eigenvalue weighted by Gasteiger charge is -2.12. The zero-order valence-electron chi connectivity index (χ0n) is 14.6. The Hall–Kier alpha value is -2.84. The fraction of sp³-hybridized carbons (Fsp3) is 0.333. The maximum atomic E-state index is 12.1. The summed E-state index contributed by atoms with van der Waals surface area (Å²) in [5, 5.41) is 5.48. The molecule has 2 aromatic rings. The number of rotatable bonds is 6. The van der Waals surface area contributed by atoms with Crippen molar-refractivity contribution in [3.8, 4) is 11.4 Å². The van der Waals surface area contributed by atoms with Crippen LogP contribution in [-0.4, -0.2) is 48.0 Å². The maximum Gasteiger partial charge on any atom is 0.254 e. The Balaban J connectivity index is 1.74. The first-order chi connectivity index (χ1) is 12.7. The minimum absolute atomic E-state index is 0.0613. The van der Waals surface area contributed by atoms with Gasteiger partial charge in [-0.1, -0.05) is 30.3 Å². The van der Waals surface area contributed by atoms with Crippen molar-refractivity contribution in [3.05, 3.63) is 47.8 Å². The van der Waals surface area contributed by atoms with E-state index in [-0.39, 0.29) is 17.9 Å². The Labute approximate surface area is 151 Å². The van der Waals surface area contributed by atoms with Crippen LogP contribution < -0.4 is 21.5 Å². The molecule has 1 saturated heterocycles. The monoisotopic (exact) mass is 354 g/mol. The molecule has 1 aliphatic rings. The highest BCUT2D eigenvalue weighted by Crippen LogP contribution is 2.16. The number of hydrogen-bond donors (Lipinski definition) is 4. The minimum Gasteiger partial charge on any atom is -0.355 e. The Morgan fingerprint density at radius 2 is 2.08 bits per heavy atom. The lowest BCUT2D eigenvalue weighted by Crippen LogP contribution is -2.43. The highest BCUT2D eigenvalue weighted by molar-refractivity contribution is 5.95. The van der Waals surface area contributed by atoms with Crippen LogP contribution in [0.15, 0.2) is 36.5 Å². The van der Waals surface area contributed by atoms with Gasteiger partial charge in [0, 0.05) is 38.3 Å². The zero-order chi connectivity index (χ0) is 18.4. The molecule has 1 unspecified atom stereocenters. The van der Waals surface area contributed by atoms with Crippen molar-refractivity contribution in [2.45, 2.75) is 18.9 Å². The molecule has 136 valence electrons. The molecular formula is C18H22N6O2. The molecule has 8 nitrogen and oxygen atoms in total. The number of carbonyl (C=O) groups is 2. The van der Waals surface area contributed by atoms with E-state index in [1.165, 1.54) is 6.20 Å². The number of carbonyl (C=O) groups excluding carboxylic acids is 2. The lowest BCUT2D eigenvalue weighted by atomic mass is 10.1. The fourth-order valence-electron chi connectivity index (χ4n) is 2.77. The molecule has 0 bridgehead atoms. The lowest BCUT2D eigenvalue weighted by molar-refractivity contribution is -0.122. The molecule has 0 radical (unpaired) electrons. The molecule has 2 heterocycles. The highest BCUT2D eigenvalue weighted by atomic mass is 16.2. The summed E-state index contributed by atoms with van der Waals surface area (Å²) < 4.78 is 0. The van der Waals surface area contributed by atoms with Gasteiger partial charge in [0.05, 0.1) is 11.3 Å². The average Bonchev–Trinajstić information content (AvgIpc) is 3.23. The Morgan fingerprint density at radius 3 is 2.77 bits per heavy atom. The van der Waals surface area contributed by atoms with Crippen molar-refractivity contribution >= 4 is 11.8 Å². The van der Waals surface area contributed by atoms with Gasteiger partial charge in [-0.25, -0.2) is 15.4 Å². The van der Waals surface area contributed by atoms with E-state index >= 15 is 0 Å². The molecule has 2 amide bonds. The van der Waals surface area contributed by atoms with E-state index in [9.17, 15) is 9.59 Å². The molecule has 1 atom stereocenters. The van der Waals surface area contributed by atoms with Crippen molar-refractivity contribution in [2.75, 3.05) is 20.1 Å². The first-order valence-electron chi connectivity index (χ1n) is 8.58. The number of hydrazine groups is 1. The summed E-state index contributed by atoms with van der Waals surface area (Å²) in [5.74, 6) is 0.252. The standard InChI is InChI=1S/C18H22N6O2/c1-19-17(25)13-11-21-16(12-5-3-2-4-6-12)23-14(13)7-9-20-18(26)15-8-10-22-24-15/h2-6,11,15,22,24H,7-10H2,1H3,(H,19,25)(H,20,26). The molecule has 1 aromatic carbocycles. The molecule has 0 spiro atoms. The maximum absolute atomic E-state index is 12.1. The van der Waals surface area contributed by atoms with E-state index in [1.807, 2.05) is 30.3 Å². The van der Waals surface area contributed by atoms with Crippen molar-refractivity contribution < 1.29 is 9.59 Å². The van der Waals surface area contributed by atoms with Gasteiger partial charge in [-0.2, -0.15) is 0 Å². The van der Waals surface area contributed by atoms with Crippen LogP contribution in [0.5, 0.6) is 0 Å². The largest absolute Gasteiger partial charge is 0.355 e. The van der Waals surface area contributed by atoms with Crippen molar-refractivity contribution in [1.82, 2.24) is 31.5 Å². The summed E-state index contributed by atoms with van der Waals surface area (Å²) in [6, 6.07) is 9.35. The average molecular weight is 354 g/mol. The fourth-order valence-corrected chi connectivity index (χ4v) is 2.77. The molecule has 4 N–H and O–H groups in total. The van der Waals surface area contributed by atoms with E-state index in [2.05, 4.69) is 31.5 Å². The smallest absolute Gasteiger partial charge is 0.254 e. The van der Waals surface area contributed by atoms with E-state index < -0.39 is 0 Å². The molecule has 1 fully saturated rings. The normalized spacial score (nSPS) is 16.3. The van der Waals surface area contributed by atoms with Gasteiger partial charge in [0.15, 0.2) is 5.82 Å². The van der Waals surface area contributed by atoms with Crippen LogP contribution in [0.1, 0.15) is 22.5 Å². The third-order valence-corrected chi connectivity index (χ3v) is 4.18. The zero-order valence-corrected chi connectivity index (χ0v) is 14.6. The summed E-state index contributed by atoms with van der Waals surface area (Å²) in [6.45, 7) is 1.16. The SMILES string of the molecule is CNC(=O)c1cnc(-c2ccccc2)nc1CCNC(=O)C1CCNN1. The van der Waals surface area contributed by atoms with Gasteiger partial charge in [0.1, 0.15) is 6.04 Å². The number of benzene rings is 1. The van der Waals surface area contributed by atoms with Gasteiger partial charge in [0.2, 0.25) is 5.91 Å². The van der Waals surface area contributed by atoms with E-state index in [4.69, 9.17) is 0 Å². The third-order valence-electron chi connectivity index (χ3n) is 4.18. The van der Waals surface area contributed by atoms with Crippen LogP contribution >= 0.6 is 0 Å². The van der Waals surface area contributed by atoms with Gasteiger partial charge in [-0.3, -0.25) is 15.0 Å². The van der Waals surface area contributed by atoms with Gasteiger partial charge in [-0.05, 0) is 6.42 Å². The van der Waals surface area contributed by atoms with Crippen molar-refractivity contribution in [3.63, 3.8) is 0 Å². The number of aromatic nitrogens is 2. The third kappa shape index (κ3) is 4.22. The molecule has 0 saturated carbocycles. The van der Waals surface area contributed by atoms with Crippen LogP contribution in [0.2, 0.25) is 0 Å². The molecular weight excluding hydrogens is 332 g/mol. The number of nitrogens with one attached hydrogen (secondary N) is 4. The topological polar surface area (TPSA) is 108 Å². The molecule has 1 aliphatic heterocycles. The number of nitrogens with zero attached hydrogens (tertiary/aromatic N) is 2. The van der Waals surface area contributed by atoms with Gasteiger partial charge >= 0.3 is 0 Å². The minimum atomic E-state index is -0.243. The second-order valence-electron chi connectivity index (χ2n) is 5.95. The van der Waals surface area contributed by atoms with Gasteiger partial charge in [0.25, 0.3) is 5.91 Å². The number of hydrogen-bond acceptors (Lipinski definition) is 6. The van der Waals surface area contributed by atoms with E-state index in [1.54, 1.807) is 7.05 Å². The highest BCUT2D eigenvalue weighted by Gasteiger charge is 2.21. The van der Waals surface area contributed by atoms with Gasteiger partial charge < -0.3 is 10.6 Å². The summed E-state index contributed by atoms with van der Waals surface area (Å²) in [5.41, 5.74) is 7.76. The van der Waals surface area contributed by atoms with Crippen LogP contribution in [-0.2, 0) is 11.2 Å². The molecule has 1 aromatic heterocycles. The molecule has 26 heavy (non-hydrogen) atoms. The predicted octanol–water partition coefficient (Wildman–Crippen LogP) is 0.0284. The summed E-state index contributed by atoms with van der Waals surface area (Å²) in [4.78, 5) is 33.0. The van der Waals surface area contributed by atoms with Crippen LogP contribution in [0, 0.1) is 0 Å². The summed E-state index contributed by atoms with van der Waals surface area (Å²) in [7, 11) is 1.57. The van der Waals surface area contributed by atoms with E-state index in [0.29, 0.717) is 30.0 Å². The van der Waals surface area contributed by atoms with E-state index in [0.717, 1.165) is 18.5 Å². The Bertz CT molecular complexity index is 775. The number of amides is 2. The first-order valence-corrected chi connectivity index (χ1v) is 8.58. The second-order valence-corrected chi connectivity index (χ2v) is 5.95. The molecule has 8 heteroatoms. The van der Waals surface area contributed by atoms with Gasteiger partial charge in [-0.15, -0.1) is 0 Å². The predicted molar refractivity (Wildman–Crippen MR) is 97.1 cm³/mol. The first kappa shape index (κ1) is 18.0. The van der Waals surface area contributed by atoms with Crippen LogP contribution in [0.25, 0.3) is 11.4 Å². The van der Waals surface area contributed by atoms with Crippen molar-refractivity contribution in [1.29, 1.82) is 0 Å². The Kier molecular flexibility index (Phi) is 5.88. The summed E-state index contributed by atoms with van der Waals surface area (Å²) >= 11 is 0. The second kappa shape index (κ2) is 8.50. The molecule has 0 aliphatic carbocycles. The Morgan fingerprint density at radius 1 is 1.27 bits per heavy atom. The van der Waals surface area contributed by atoms with Crippen LogP contribution in [0.3, 0.4) is 0 Å².